The van der Waals surface area contributed by atoms with Gasteiger partial charge in [-0.2, -0.15) is 13.2 Å². The number of ether oxygens (including phenoxy) is 1. The monoisotopic (exact) mass is 349 g/mol. The Hall–Kier alpha value is -1.76. The fourth-order valence-corrected chi connectivity index (χ4v) is 1.87. The van der Waals surface area contributed by atoms with E-state index in [1.54, 1.807) is 0 Å². The lowest BCUT2D eigenvalue weighted by Crippen LogP contribution is -2.08. The molecule has 0 saturated carbocycles. The highest BCUT2D eigenvalue weighted by Crippen LogP contribution is 2.39. The molecular formula is C13H8BrF4NO. The first kappa shape index (κ1) is 14.6. The third kappa shape index (κ3) is 3.22. The van der Waals surface area contributed by atoms with Crippen molar-refractivity contribution in [3.63, 3.8) is 0 Å². The normalized spacial score (nSPS) is 11.4. The van der Waals surface area contributed by atoms with Crippen LogP contribution in [0.3, 0.4) is 0 Å². The van der Waals surface area contributed by atoms with E-state index < -0.39 is 23.3 Å². The number of benzene rings is 2. The standard InChI is InChI=1S/C13H8BrF4NO/c14-7-1-3-12(10(15)5-7)20-11-4-2-8(19)6-9(11)13(16,17)18/h1-6H,19H2. The summed E-state index contributed by atoms with van der Waals surface area (Å²) in [5.74, 6) is -1.58. The summed E-state index contributed by atoms with van der Waals surface area (Å²) in [5.41, 5.74) is 4.22. The van der Waals surface area contributed by atoms with Crippen LogP contribution in [0.25, 0.3) is 0 Å². The minimum Gasteiger partial charge on any atom is -0.454 e. The van der Waals surface area contributed by atoms with E-state index in [0.717, 1.165) is 18.2 Å². The second kappa shape index (κ2) is 5.32. The average Bonchev–Trinajstić information content (AvgIpc) is 2.33. The summed E-state index contributed by atoms with van der Waals surface area (Å²) in [4.78, 5) is 0. The maximum absolute atomic E-state index is 13.6. The summed E-state index contributed by atoms with van der Waals surface area (Å²) in [6.45, 7) is 0. The van der Waals surface area contributed by atoms with E-state index in [1.165, 1.54) is 18.2 Å². The molecule has 0 aliphatic rings. The van der Waals surface area contributed by atoms with Crippen LogP contribution in [0.5, 0.6) is 11.5 Å². The van der Waals surface area contributed by atoms with Gasteiger partial charge >= 0.3 is 6.18 Å². The molecule has 0 radical (unpaired) electrons. The number of hydrogen-bond donors (Lipinski definition) is 1. The van der Waals surface area contributed by atoms with Crippen LogP contribution < -0.4 is 10.5 Å². The quantitative estimate of drug-likeness (QED) is 0.612. The zero-order valence-electron chi connectivity index (χ0n) is 9.84. The fourth-order valence-electron chi connectivity index (χ4n) is 1.53. The van der Waals surface area contributed by atoms with E-state index in [-0.39, 0.29) is 11.4 Å². The van der Waals surface area contributed by atoms with Gasteiger partial charge in [-0.1, -0.05) is 15.9 Å². The van der Waals surface area contributed by atoms with Crippen molar-refractivity contribution in [3.8, 4) is 11.5 Å². The molecule has 0 aromatic heterocycles. The molecule has 0 aliphatic carbocycles. The Morgan fingerprint density at radius 3 is 2.25 bits per heavy atom. The van der Waals surface area contributed by atoms with Gasteiger partial charge < -0.3 is 10.5 Å². The van der Waals surface area contributed by atoms with E-state index in [0.29, 0.717) is 4.47 Å². The first-order chi connectivity index (χ1) is 9.27. The van der Waals surface area contributed by atoms with Crippen molar-refractivity contribution in [2.24, 2.45) is 0 Å². The van der Waals surface area contributed by atoms with E-state index in [9.17, 15) is 17.6 Å². The molecule has 0 saturated heterocycles. The molecule has 2 aromatic carbocycles. The number of rotatable bonds is 2. The Bertz CT molecular complexity index is 643. The number of nitrogens with two attached hydrogens (primary N) is 1. The highest BCUT2D eigenvalue weighted by molar-refractivity contribution is 9.10. The smallest absolute Gasteiger partial charge is 0.420 e. The largest absolute Gasteiger partial charge is 0.454 e. The van der Waals surface area contributed by atoms with Crippen LogP contribution in [-0.2, 0) is 6.18 Å². The van der Waals surface area contributed by atoms with Crippen molar-refractivity contribution in [2.75, 3.05) is 5.73 Å². The third-order valence-electron chi connectivity index (χ3n) is 2.42. The molecule has 0 heterocycles. The van der Waals surface area contributed by atoms with Gasteiger partial charge in [0.15, 0.2) is 11.6 Å². The second-order valence-corrected chi connectivity index (χ2v) is 4.85. The fraction of sp³-hybridized carbons (Fsp3) is 0.0769. The Kier molecular flexibility index (Phi) is 3.89. The van der Waals surface area contributed by atoms with E-state index >= 15 is 0 Å². The van der Waals surface area contributed by atoms with Gasteiger partial charge in [-0.25, -0.2) is 4.39 Å². The summed E-state index contributed by atoms with van der Waals surface area (Å²) >= 11 is 3.05. The van der Waals surface area contributed by atoms with E-state index in [1.807, 2.05) is 0 Å². The zero-order valence-corrected chi connectivity index (χ0v) is 11.4. The van der Waals surface area contributed by atoms with Crippen molar-refractivity contribution >= 4 is 21.6 Å². The molecule has 106 valence electrons. The molecule has 0 fully saturated rings. The molecule has 2 N–H and O–H groups in total. The molecule has 2 aromatic rings. The Balaban J connectivity index is 2.43. The van der Waals surface area contributed by atoms with Gasteiger partial charge in [0.1, 0.15) is 11.3 Å². The van der Waals surface area contributed by atoms with Crippen LogP contribution in [0.15, 0.2) is 40.9 Å². The summed E-state index contributed by atoms with van der Waals surface area (Å²) in [6, 6.07) is 6.84. The van der Waals surface area contributed by atoms with Crippen LogP contribution in [-0.4, -0.2) is 0 Å². The zero-order chi connectivity index (χ0) is 14.9. The number of hydrogen-bond acceptors (Lipinski definition) is 2. The van der Waals surface area contributed by atoms with E-state index in [2.05, 4.69) is 15.9 Å². The molecule has 0 amide bonds. The van der Waals surface area contributed by atoms with Crippen molar-refractivity contribution in [1.29, 1.82) is 0 Å². The molecule has 20 heavy (non-hydrogen) atoms. The Morgan fingerprint density at radius 2 is 1.65 bits per heavy atom. The minimum atomic E-state index is -4.64. The van der Waals surface area contributed by atoms with Crippen LogP contribution in [0, 0.1) is 5.82 Å². The Morgan fingerprint density at radius 1 is 1.00 bits per heavy atom. The Labute approximate surface area is 120 Å². The maximum Gasteiger partial charge on any atom is 0.420 e. The lowest BCUT2D eigenvalue weighted by Gasteiger charge is -2.14. The molecule has 0 atom stereocenters. The van der Waals surface area contributed by atoms with Gasteiger partial charge in [0, 0.05) is 10.2 Å². The molecule has 0 unspecified atom stereocenters. The highest BCUT2D eigenvalue weighted by Gasteiger charge is 2.35. The molecule has 0 spiro atoms. The van der Waals surface area contributed by atoms with E-state index in [4.69, 9.17) is 10.5 Å². The predicted octanol–water partition coefficient (Wildman–Crippen LogP) is 4.98. The molecule has 2 rings (SSSR count). The lowest BCUT2D eigenvalue weighted by molar-refractivity contribution is -0.138. The van der Waals surface area contributed by atoms with Crippen LogP contribution in [0.2, 0.25) is 0 Å². The predicted molar refractivity (Wildman–Crippen MR) is 70.0 cm³/mol. The van der Waals surface area contributed by atoms with Gasteiger partial charge in [-0.15, -0.1) is 0 Å². The average molecular weight is 350 g/mol. The topological polar surface area (TPSA) is 35.2 Å². The van der Waals surface area contributed by atoms with Crippen molar-refractivity contribution in [1.82, 2.24) is 0 Å². The van der Waals surface area contributed by atoms with Crippen LogP contribution >= 0.6 is 15.9 Å². The summed E-state index contributed by atoms with van der Waals surface area (Å²) in [7, 11) is 0. The summed E-state index contributed by atoms with van der Waals surface area (Å²) < 4.78 is 57.6. The number of nitrogen functional groups attached to an aromatic ring is 1. The first-order valence-electron chi connectivity index (χ1n) is 5.37. The van der Waals surface area contributed by atoms with Crippen LogP contribution in [0.4, 0.5) is 23.2 Å². The van der Waals surface area contributed by atoms with Crippen molar-refractivity contribution in [2.45, 2.75) is 6.18 Å². The van der Waals surface area contributed by atoms with Gasteiger partial charge in [-0.05, 0) is 36.4 Å². The number of halogens is 5. The minimum absolute atomic E-state index is 0.0547. The highest BCUT2D eigenvalue weighted by atomic mass is 79.9. The first-order valence-corrected chi connectivity index (χ1v) is 6.16. The SMILES string of the molecule is Nc1ccc(Oc2ccc(Br)cc2F)c(C(F)(F)F)c1. The van der Waals surface area contributed by atoms with Crippen molar-refractivity contribution < 1.29 is 22.3 Å². The second-order valence-electron chi connectivity index (χ2n) is 3.93. The third-order valence-corrected chi connectivity index (χ3v) is 2.92. The number of anilines is 1. The van der Waals surface area contributed by atoms with Gasteiger partial charge in [0.2, 0.25) is 0 Å². The summed E-state index contributed by atoms with van der Waals surface area (Å²) in [6.07, 6.45) is -4.64. The summed E-state index contributed by atoms with van der Waals surface area (Å²) in [5, 5.41) is 0. The molecule has 2 nitrogen and oxygen atoms in total. The van der Waals surface area contributed by atoms with Gasteiger partial charge in [0.05, 0.1) is 0 Å². The molecule has 0 bridgehead atoms. The molecule has 0 aliphatic heterocycles. The molecule has 7 heteroatoms. The molecular weight excluding hydrogens is 342 g/mol. The van der Waals surface area contributed by atoms with Crippen molar-refractivity contribution in [3.05, 3.63) is 52.3 Å². The lowest BCUT2D eigenvalue weighted by atomic mass is 10.1. The number of alkyl halides is 3. The maximum atomic E-state index is 13.6. The van der Waals surface area contributed by atoms with Gasteiger partial charge in [-0.3, -0.25) is 0 Å². The van der Waals surface area contributed by atoms with Crippen LogP contribution in [0.1, 0.15) is 5.56 Å². The van der Waals surface area contributed by atoms with Gasteiger partial charge in [0.25, 0.3) is 0 Å².